The summed E-state index contributed by atoms with van der Waals surface area (Å²) in [5.41, 5.74) is 2.42. The van der Waals surface area contributed by atoms with Crippen LogP contribution in [0.5, 0.6) is 0 Å². The van der Waals surface area contributed by atoms with E-state index in [-0.39, 0.29) is 11.9 Å². The molecule has 2 N–H and O–H groups in total. The summed E-state index contributed by atoms with van der Waals surface area (Å²) in [4.78, 5) is 14.0. The number of amides is 1. The van der Waals surface area contributed by atoms with Crippen LogP contribution in [0, 0.1) is 0 Å². The maximum absolute atomic E-state index is 12.6. The Bertz CT molecular complexity index is 621. The van der Waals surface area contributed by atoms with Crippen LogP contribution >= 0.6 is 0 Å². The van der Waals surface area contributed by atoms with Crippen molar-refractivity contribution in [3.8, 4) is 0 Å². The summed E-state index contributed by atoms with van der Waals surface area (Å²) in [5.74, 6) is 0.164. The molecule has 1 saturated heterocycles. The van der Waals surface area contributed by atoms with Crippen LogP contribution in [-0.2, 0) is 11.2 Å². The number of carbonyl (C=O) groups excluding carboxylic acids is 1. The highest BCUT2D eigenvalue weighted by atomic mass is 16.2. The van der Waals surface area contributed by atoms with Crippen molar-refractivity contribution in [3.05, 3.63) is 71.8 Å². The molecule has 126 valence electrons. The first-order chi connectivity index (χ1) is 11.8. The molecule has 0 bridgehead atoms. The van der Waals surface area contributed by atoms with Crippen molar-refractivity contribution in [1.82, 2.24) is 5.32 Å². The van der Waals surface area contributed by atoms with E-state index in [0.717, 1.165) is 19.5 Å². The van der Waals surface area contributed by atoms with Gasteiger partial charge < -0.3 is 10.2 Å². The van der Waals surface area contributed by atoms with E-state index in [0.29, 0.717) is 6.54 Å². The Labute approximate surface area is 144 Å². The fourth-order valence-corrected chi connectivity index (χ4v) is 3.49. The van der Waals surface area contributed by atoms with Crippen LogP contribution in [0.4, 0.5) is 0 Å². The lowest BCUT2D eigenvalue weighted by atomic mass is 9.99. The maximum atomic E-state index is 12.6. The predicted octanol–water partition coefficient (Wildman–Crippen LogP) is 2.16. The van der Waals surface area contributed by atoms with Crippen molar-refractivity contribution in [2.45, 2.75) is 31.7 Å². The predicted molar refractivity (Wildman–Crippen MR) is 96.9 cm³/mol. The minimum absolute atomic E-state index is 0.0327. The summed E-state index contributed by atoms with van der Waals surface area (Å²) >= 11 is 0. The van der Waals surface area contributed by atoms with Crippen molar-refractivity contribution < 1.29 is 9.69 Å². The van der Waals surface area contributed by atoms with Crippen LogP contribution in [0.15, 0.2) is 60.7 Å². The van der Waals surface area contributed by atoms with Crippen LogP contribution in [0.25, 0.3) is 0 Å². The van der Waals surface area contributed by atoms with Gasteiger partial charge in [0.1, 0.15) is 0 Å². The molecular weight excluding hydrogens is 296 g/mol. The molecule has 0 aliphatic carbocycles. The van der Waals surface area contributed by atoms with Gasteiger partial charge in [-0.15, -0.1) is 0 Å². The number of quaternary nitrogens is 1. The van der Waals surface area contributed by atoms with Crippen LogP contribution < -0.4 is 10.2 Å². The molecule has 24 heavy (non-hydrogen) atoms. The summed E-state index contributed by atoms with van der Waals surface area (Å²) in [6.07, 6.45) is 4.63. The van der Waals surface area contributed by atoms with Crippen molar-refractivity contribution >= 4 is 5.91 Å². The largest absolute Gasteiger partial charge is 0.344 e. The van der Waals surface area contributed by atoms with Gasteiger partial charge in [-0.3, -0.25) is 4.79 Å². The minimum atomic E-state index is 0.0327. The van der Waals surface area contributed by atoms with E-state index in [1.54, 1.807) is 0 Å². The van der Waals surface area contributed by atoms with Gasteiger partial charge in [0.2, 0.25) is 0 Å². The summed E-state index contributed by atoms with van der Waals surface area (Å²) < 4.78 is 0. The van der Waals surface area contributed by atoms with Crippen molar-refractivity contribution in [2.75, 3.05) is 19.6 Å². The number of hydrogen-bond donors (Lipinski definition) is 2. The molecule has 1 aliphatic rings. The van der Waals surface area contributed by atoms with E-state index in [1.807, 2.05) is 24.3 Å². The molecule has 0 unspecified atom stereocenters. The zero-order valence-electron chi connectivity index (χ0n) is 14.2. The molecule has 0 spiro atoms. The third-order valence-electron chi connectivity index (χ3n) is 4.79. The topological polar surface area (TPSA) is 33.5 Å². The van der Waals surface area contributed by atoms with Gasteiger partial charge in [0.15, 0.2) is 6.54 Å². The lowest BCUT2D eigenvalue weighted by Crippen LogP contribution is -3.13. The summed E-state index contributed by atoms with van der Waals surface area (Å²) in [7, 11) is 0. The second-order valence-electron chi connectivity index (χ2n) is 6.71. The third-order valence-corrected chi connectivity index (χ3v) is 4.79. The molecule has 1 aliphatic heterocycles. The Morgan fingerprint density at radius 2 is 1.54 bits per heavy atom. The number of piperidine rings is 1. The number of likely N-dealkylation sites (tertiary alicyclic amines) is 1. The molecule has 0 radical (unpaired) electrons. The number of benzene rings is 2. The highest BCUT2D eigenvalue weighted by Gasteiger charge is 2.20. The maximum Gasteiger partial charge on any atom is 0.275 e. The average Bonchev–Trinajstić information content (AvgIpc) is 2.63. The molecule has 1 heterocycles. The molecule has 1 atom stereocenters. The Morgan fingerprint density at radius 1 is 0.917 bits per heavy atom. The van der Waals surface area contributed by atoms with Crippen LogP contribution in [0.3, 0.4) is 0 Å². The Hall–Kier alpha value is -2.13. The highest BCUT2D eigenvalue weighted by molar-refractivity contribution is 5.77. The molecule has 2 aromatic rings. The summed E-state index contributed by atoms with van der Waals surface area (Å²) in [5, 5.41) is 3.27. The van der Waals surface area contributed by atoms with Gasteiger partial charge in [-0.05, 0) is 36.8 Å². The van der Waals surface area contributed by atoms with Gasteiger partial charge in [-0.25, -0.2) is 0 Å². The molecular formula is C21H27N2O+. The fraction of sp³-hybridized carbons (Fsp3) is 0.381. The third kappa shape index (κ3) is 4.93. The first-order valence-corrected chi connectivity index (χ1v) is 9.03. The molecule has 3 rings (SSSR count). The van der Waals surface area contributed by atoms with Crippen LogP contribution in [0.2, 0.25) is 0 Å². The lowest BCUT2D eigenvalue weighted by Gasteiger charge is -2.25. The Morgan fingerprint density at radius 3 is 2.21 bits per heavy atom. The second-order valence-corrected chi connectivity index (χ2v) is 6.71. The normalized spacial score (nSPS) is 16.5. The van der Waals surface area contributed by atoms with Crippen molar-refractivity contribution in [1.29, 1.82) is 0 Å². The highest BCUT2D eigenvalue weighted by Crippen LogP contribution is 2.18. The van der Waals surface area contributed by atoms with Gasteiger partial charge in [0.05, 0.1) is 19.1 Å². The van der Waals surface area contributed by atoms with E-state index >= 15 is 0 Å². The number of nitrogens with one attached hydrogen (secondary N) is 2. The summed E-state index contributed by atoms with van der Waals surface area (Å²) in [6, 6.07) is 20.7. The molecule has 2 aromatic carbocycles. The number of hydrogen-bond acceptors (Lipinski definition) is 1. The van der Waals surface area contributed by atoms with Gasteiger partial charge in [0.25, 0.3) is 5.91 Å². The van der Waals surface area contributed by atoms with Crippen LogP contribution in [0.1, 0.15) is 36.4 Å². The summed E-state index contributed by atoms with van der Waals surface area (Å²) in [6.45, 7) is 2.85. The van der Waals surface area contributed by atoms with E-state index in [1.165, 1.54) is 35.3 Å². The Kier molecular flexibility index (Phi) is 6.02. The molecule has 1 amide bonds. The van der Waals surface area contributed by atoms with Crippen LogP contribution in [-0.4, -0.2) is 25.5 Å². The zero-order chi connectivity index (χ0) is 16.6. The molecule has 1 fully saturated rings. The SMILES string of the molecule is O=C(C[NH+]1CCCCC1)N[C@H](Cc1ccccc1)c1ccccc1. The van der Waals surface area contributed by atoms with Crippen molar-refractivity contribution in [2.24, 2.45) is 0 Å². The van der Waals surface area contributed by atoms with Gasteiger partial charge >= 0.3 is 0 Å². The lowest BCUT2D eigenvalue weighted by molar-refractivity contribution is -0.896. The Balaban J connectivity index is 1.66. The zero-order valence-corrected chi connectivity index (χ0v) is 14.2. The minimum Gasteiger partial charge on any atom is -0.344 e. The molecule has 3 nitrogen and oxygen atoms in total. The van der Waals surface area contributed by atoms with Crippen molar-refractivity contribution in [3.63, 3.8) is 0 Å². The standard InChI is InChI=1S/C21H26N2O/c24-21(17-23-14-8-3-9-15-23)22-20(19-12-6-2-7-13-19)16-18-10-4-1-5-11-18/h1-2,4-7,10-13,20H,3,8-9,14-17H2,(H,22,24)/p+1/t20-/m1/s1. The molecule has 0 aromatic heterocycles. The van der Waals surface area contributed by atoms with E-state index in [9.17, 15) is 4.79 Å². The van der Waals surface area contributed by atoms with E-state index in [2.05, 4.69) is 41.7 Å². The smallest absolute Gasteiger partial charge is 0.275 e. The van der Waals surface area contributed by atoms with E-state index in [4.69, 9.17) is 0 Å². The fourth-order valence-electron chi connectivity index (χ4n) is 3.49. The monoisotopic (exact) mass is 323 g/mol. The molecule has 3 heteroatoms. The average molecular weight is 323 g/mol. The molecule has 0 saturated carbocycles. The van der Waals surface area contributed by atoms with Gasteiger partial charge in [0, 0.05) is 0 Å². The van der Waals surface area contributed by atoms with E-state index < -0.39 is 0 Å². The second kappa shape index (κ2) is 8.65. The van der Waals surface area contributed by atoms with Gasteiger partial charge in [-0.2, -0.15) is 0 Å². The van der Waals surface area contributed by atoms with Gasteiger partial charge in [-0.1, -0.05) is 60.7 Å². The first kappa shape index (κ1) is 16.7. The quantitative estimate of drug-likeness (QED) is 0.839. The first-order valence-electron chi connectivity index (χ1n) is 9.03. The number of carbonyl (C=O) groups is 1. The number of rotatable bonds is 6.